The summed E-state index contributed by atoms with van der Waals surface area (Å²) in [5, 5.41) is 13.1. The number of aromatic nitrogens is 2. The first-order valence-electron chi connectivity index (χ1n) is 9.94. The average Bonchev–Trinajstić information content (AvgIpc) is 3.27. The van der Waals surface area contributed by atoms with E-state index in [1.165, 1.54) is 19.2 Å². The van der Waals surface area contributed by atoms with E-state index < -0.39 is 17.8 Å². The lowest BCUT2D eigenvalue weighted by Gasteiger charge is -2.11. The van der Waals surface area contributed by atoms with Crippen LogP contribution in [-0.4, -0.2) is 41.4 Å². The van der Waals surface area contributed by atoms with Gasteiger partial charge in [-0.05, 0) is 43.7 Å². The maximum Gasteiger partial charge on any atom is 0.277 e. The molecule has 174 valence electrons. The Morgan fingerprint density at radius 3 is 2.70 bits per heavy atom. The van der Waals surface area contributed by atoms with Crippen LogP contribution in [0.3, 0.4) is 0 Å². The quantitative estimate of drug-likeness (QED) is 0.429. The van der Waals surface area contributed by atoms with E-state index in [-0.39, 0.29) is 35.1 Å². The number of nitrogens with one attached hydrogen (secondary N) is 2. The van der Waals surface area contributed by atoms with Gasteiger partial charge in [-0.2, -0.15) is 0 Å². The number of thioether (sulfide) groups is 1. The molecule has 0 aliphatic rings. The number of hydrogen-bond acceptors (Lipinski definition) is 8. The lowest BCUT2D eigenvalue weighted by Crippen LogP contribution is -2.34. The van der Waals surface area contributed by atoms with E-state index in [2.05, 4.69) is 20.8 Å². The second kappa shape index (κ2) is 11.3. The topological polar surface area (TPSA) is 116 Å². The van der Waals surface area contributed by atoms with Crippen molar-refractivity contribution in [2.75, 3.05) is 24.7 Å². The molecular formula is C22H23FN4O5S. The Morgan fingerprint density at radius 2 is 1.94 bits per heavy atom. The number of halogens is 1. The lowest BCUT2D eigenvalue weighted by molar-refractivity contribution is -0.122. The number of ether oxygens (including phenoxy) is 2. The third-order valence-corrected chi connectivity index (χ3v) is 5.13. The Balaban J connectivity index is 1.44. The van der Waals surface area contributed by atoms with Crippen molar-refractivity contribution >= 4 is 29.3 Å². The summed E-state index contributed by atoms with van der Waals surface area (Å²) in [5.41, 5.74) is 1.48. The molecule has 0 fully saturated rings. The van der Waals surface area contributed by atoms with Crippen molar-refractivity contribution in [3.8, 4) is 11.5 Å². The summed E-state index contributed by atoms with van der Waals surface area (Å²) in [6.07, 6.45) is -0.681. The van der Waals surface area contributed by atoms with E-state index in [0.29, 0.717) is 11.4 Å². The molecule has 33 heavy (non-hydrogen) atoms. The average molecular weight is 475 g/mol. The van der Waals surface area contributed by atoms with Crippen molar-refractivity contribution in [2.45, 2.75) is 25.2 Å². The van der Waals surface area contributed by atoms with E-state index in [9.17, 15) is 14.0 Å². The number of para-hydroxylation sites is 1. The zero-order chi connectivity index (χ0) is 23.8. The molecule has 1 atom stereocenters. The molecule has 0 aliphatic heterocycles. The molecular weight excluding hydrogens is 451 g/mol. The van der Waals surface area contributed by atoms with Crippen molar-refractivity contribution in [2.24, 2.45) is 0 Å². The second-order valence-corrected chi connectivity index (χ2v) is 7.84. The maximum absolute atomic E-state index is 13.7. The second-order valence-electron chi connectivity index (χ2n) is 6.91. The molecule has 3 aromatic rings. The van der Waals surface area contributed by atoms with Crippen LogP contribution in [-0.2, 0) is 9.59 Å². The summed E-state index contributed by atoms with van der Waals surface area (Å²) in [7, 11) is 1.51. The van der Waals surface area contributed by atoms with Crippen molar-refractivity contribution in [1.82, 2.24) is 15.5 Å². The molecule has 0 saturated heterocycles. The van der Waals surface area contributed by atoms with Crippen molar-refractivity contribution in [1.29, 1.82) is 0 Å². The molecule has 1 heterocycles. The number of hydrogen-bond donors (Lipinski definition) is 2. The van der Waals surface area contributed by atoms with Gasteiger partial charge in [0.2, 0.25) is 11.8 Å². The smallest absolute Gasteiger partial charge is 0.277 e. The SMILES string of the molecule is COc1ccc(C)cc1NC(=O)CNC(=O)CSc1nnc([C@@H](C)Oc2ccccc2F)o1. The molecule has 2 N–H and O–H groups in total. The Morgan fingerprint density at radius 1 is 1.15 bits per heavy atom. The van der Waals surface area contributed by atoms with Gasteiger partial charge in [0.15, 0.2) is 17.7 Å². The fourth-order valence-electron chi connectivity index (χ4n) is 2.70. The number of rotatable bonds is 10. The number of carbonyl (C=O) groups excluding carboxylic acids is 2. The third-order valence-electron chi connectivity index (χ3n) is 4.31. The van der Waals surface area contributed by atoms with E-state index >= 15 is 0 Å². The predicted octanol–water partition coefficient (Wildman–Crippen LogP) is 3.51. The summed E-state index contributed by atoms with van der Waals surface area (Å²) in [4.78, 5) is 24.2. The van der Waals surface area contributed by atoms with Gasteiger partial charge in [0.1, 0.15) is 5.75 Å². The molecule has 0 bridgehead atoms. The van der Waals surface area contributed by atoms with Gasteiger partial charge in [-0.25, -0.2) is 4.39 Å². The molecule has 9 nitrogen and oxygen atoms in total. The van der Waals surface area contributed by atoms with Gasteiger partial charge in [-0.1, -0.05) is 30.0 Å². The Labute approximate surface area is 194 Å². The van der Waals surface area contributed by atoms with E-state index in [1.54, 1.807) is 31.2 Å². The zero-order valence-corrected chi connectivity index (χ0v) is 19.1. The number of anilines is 1. The molecule has 0 radical (unpaired) electrons. The monoisotopic (exact) mass is 474 g/mol. The predicted molar refractivity (Wildman–Crippen MR) is 120 cm³/mol. The van der Waals surface area contributed by atoms with Crippen LogP contribution < -0.4 is 20.1 Å². The largest absolute Gasteiger partial charge is 0.495 e. The van der Waals surface area contributed by atoms with Gasteiger partial charge in [0.25, 0.3) is 11.1 Å². The number of nitrogens with zero attached hydrogens (tertiary/aromatic N) is 2. The minimum Gasteiger partial charge on any atom is -0.495 e. The Hall–Kier alpha value is -3.60. The van der Waals surface area contributed by atoms with E-state index in [4.69, 9.17) is 13.9 Å². The van der Waals surface area contributed by atoms with Crippen LogP contribution >= 0.6 is 11.8 Å². The summed E-state index contributed by atoms with van der Waals surface area (Å²) in [6.45, 7) is 3.33. The highest BCUT2D eigenvalue weighted by Crippen LogP contribution is 2.26. The molecule has 11 heteroatoms. The standard InChI is InChI=1S/C22H23FN4O5S/c1-13-8-9-18(30-3)16(10-13)25-19(28)11-24-20(29)12-33-22-27-26-21(32-22)14(2)31-17-7-5-4-6-15(17)23/h4-10,14H,11-12H2,1-3H3,(H,24,29)(H,25,28)/t14-/m1/s1. The minimum absolute atomic E-state index is 0.0365. The Bertz CT molecular complexity index is 1120. The normalized spacial score (nSPS) is 11.5. The number of aryl methyl sites for hydroxylation is 1. The molecule has 0 spiro atoms. The van der Waals surface area contributed by atoms with Crippen LogP contribution in [0, 0.1) is 12.7 Å². The minimum atomic E-state index is -0.681. The highest BCUT2D eigenvalue weighted by atomic mass is 32.2. The summed E-state index contributed by atoms with van der Waals surface area (Å²) < 4.78 is 29.9. The highest BCUT2D eigenvalue weighted by Gasteiger charge is 2.18. The van der Waals surface area contributed by atoms with Crippen LogP contribution in [0.1, 0.15) is 24.5 Å². The van der Waals surface area contributed by atoms with Crippen LogP contribution in [0.25, 0.3) is 0 Å². The molecule has 2 amide bonds. The number of amides is 2. The van der Waals surface area contributed by atoms with Gasteiger partial charge in [-0.3, -0.25) is 9.59 Å². The van der Waals surface area contributed by atoms with Crippen LogP contribution in [0.5, 0.6) is 11.5 Å². The van der Waals surface area contributed by atoms with E-state index in [0.717, 1.165) is 17.3 Å². The Kier molecular flexibility index (Phi) is 8.25. The first-order valence-corrected chi connectivity index (χ1v) is 10.9. The molecule has 0 aliphatic carbocycles. The highest BCUT2D eigenvalue weighted by molar-refractivity contribution is 7.99. The summed E-state index contributed by atoms with van der Waals surface area (Å²) in [5.74, 6) is -0.578. The maximum atomic E-state index is 13.7. The molecule has 1 aromatic heterocycles. The third kappa shape index (κ3) is 6.94. The summed E-state index contributed by atoms with van der Waals surface area (Å²) in [6, 6.07) is 11.4. The van der Waals surface area contributed by atoms with E-state index in [1.807, 2.05) is 13.0 Å². The van der Waals surface area contributed by atoms with Crippen LogP contribution in [0.4, 0.5) is 10.1 Å². The zero-order valence-electron chi connectivity index (χ0n) is 18.3. The van der Waals surface area contributed by atoms with Gasteiger partial charge < -0.3 is 24.5 Å². The first kappa shape index (κ1) is 24.1. The molecule has 0 saturated carbocycles. The fraction of sp³-hybridized carbons (Fsp3) is 0.273. The molecule has 0 unspecified atom stereocenters. The number of carbonyl (C=O) groups is 2. The van der Waals surface area contributed by atoms with Gasteiger partial charge in [-0.15, -0.1) is 10.2 Å². The van der Waals surface area contributed by atoms with Gasteiger partial charge >= 0.3 is 0 Å². The van der Waals surface area contributed by atoms with Gasteiger partial charge in [0, 0.05) is 0 Å². The first-order chi connectivity index (χ1) is 15.9. The van der Waals surface area contributed by atoms with Gasteiger partial charge in [0.05, 0.1) is 25.1 Å². The van der Waals surface area contributed by atoms with Crippen LogP contribution in [0.15, 0.2) is 52.1 Å². The number of methoxy groups -OCH3 is 1. The summed E-state index contributed by atoms with van der Waals surface area (Å²) >= 11 is 1.01. The van der Waals surface area contributed by atoms with Crippen molar-refractivity contribution in [3.05, 3.63) is 59.7 Å². The lowest BCUT2D eigenvalue weighted by atomic mass is 10.2. The molecule has 2 aromatic carbocycles. The number of benzene rings is 2. The van der Waals surface area contributed by atoms with Crippen LogP contribution in [0.2, 0.25) is 0 Å². The molecule has 3 rings (SSSR count). The fourth-order valence-corrected chi connectivity index (χ4v) is 3.29. The van der Waals surface area contributed by atoms with Crippen molar-refractivity contribution in [3.63, 3.8) is 0 Å². The van der Waals surface area contributed by atoms with Crippen molar-refractivity contribution < 1.29 is 27.9 Å².